The summed E-state index contributed by atoms with van der Waals surface area (Å²) in [5.41, 5.74) is 0. The summed E-state index contributed by atoms with van der Waals surface area (Å²) in [4.78, 5) is 22.6. The van der Waals surface area contributed by atoms with Crippen molar-refractivity contribution in [1.82, 2.24) is 0 Å². The second-order valence-corrected chi connectivity index (χ2v) is 4.44. The zero-order valence-electron chi connectivity index (χ0n) is 11.6. The molecule has 1 aliphatic heterocycles. The number of carbonyl (C=O) groups excluding carboxylic acids is 2. The molecule has 0 spiro atoms. The summed E-state index contributed by atoms with van der Waals surface area (Å²) < 4.78 is 4.80. The van der Waals surface area contributed by atoms with Gasteiger partial charge in [-0.2, -0.15) is 0 Å². The third-order valence-electron chi connectivity index (χ3n) is 2.65. The van der Waals surface area contributed by atoms with E-state index in [1.807, 2.05) is 12.2 Å². The molecular weight excluding hydrogens is 252 g/mol. The number of epoxide rings is 1. The number of unbranched alkanes of at least 4 members (excludes halogenated alkanes) is 2. The van der Waals surface area contributed by atoms with Crippen LogP contribution in [-0.2, 0) is 14.3 Å². The lowest BCUT2D eigenvalue weighted by Gasteiger charge is -1.98. The Morgan fingerprint density at radius 2 is 2.15 bits per heavy atom. The molecule has 1 saturated heterocycles. The molecule has 2 atom stereocenters. The van der Waals surface area contributed by atoms with E-state index in [1.54, 1.807) is 6.08 Å². The van der Waals surface area contributed by atoms with Crippen molar-refractivity contribution in [2.24, 2.45) is 5.92 Å². The molecule has 0 unspecified atom stereocenters. The molecule has 0 aromatic rings. The van der Waals surface area contributed by atoms with Crippen LogP contribution in [0.5, 0.6) is 0 Å². The molecule has 20 heavy (non-hydrogen) atoms. The van der Waals surface area contributed by atoms with E-state index in [0.29, 0.717) is 6.61 Å². The van der Waals surface area contributed by atoms with Crippen LogP contribution in [0, 0.1) is 29.6 Å². The number of hydrogen-bond donors (Lipinski definition) is 0. The molecule has 0 radical (unpaired) electrons. The Balaban J connectivity index is 2.47. The van der Waals surface area contributed by atoms with Crippen LogP contribution in [-0.4, -0.2) is 24.3 Å². The summed E-state index contributed by atoms with van der Waals surface area (Å²) in [6, 6.07) is 0. The first kappa shape index (κ1) is 16.0. The highest BCUT2D eigenvalue weighted by Crippen LogP contribution is 2.08. The molecule has 3 nitrogen and oxygen atoms in total. The van der Waals surface area contributed by atoms with Crippen molar-refractivity contribution in [3.05, 3.63) is 24.8 Å². The van der Waals surface area contributed by atoms with Crippen LogP contribution in [0.4, 0.5) is 0 Å². The molecular formula is C17H18O3. The number of ketones is 2. The van der Waals surface area contributed by atoms with Gasteiger partial charge in [0.2, 0.25) is 5.78 Å². The largest absolute Gasteiger partial charge is 0.364 e. The van der Waals surface area contributed by atoms with Gasteiger partial charge in [-0.05, 0) is 43.9 Å². The summed E-state index contributed by atoms with van der Waals surface area (Å²) in [7, 11) is 0. The fourth-order valence-corrected chi connectivity index (χ4v) is 1.38. The molecule has 3 heteroatoms. The Labute approximate surface area is 120 Å². The highest BCUT2D eigenvalue weighted by atomic mass is 16.6. The van der Waals surface area contributed by atoms with Crippen LogP contribution >= 0.6 is 0 Å². The van der Waals surface area contributed by atoms with Gasteiger partial charge in [-0.25, -0.2) is 0 Å². The molecule has 0 aromatic heterocycles. The summed E-state index contributed by atoms with van der Waals surface area (Å²) in [5.74, 6) is 9.42. The van der Waals surface area contributed by atoms with Gasteiger partial charge in [0, 0.05) is 0 Å². The monoisotopic (exact) mass is 270 g/mol. The lowest BCUT2D eigenvalue weighted by Crippen LogP contribution is -2.04. The van der Waals surface area contributed by atoms with E-state index in [1.165, 1.54) is 6.92 Å². The maximum Gasteiger partial charge on any atom is 0.237 e. The van der Waals surface area contributed by atoms with Crippen LogP contribution in [0.15, 0.2) is 24.8 Å². The van der Waals surface area contributed by atoms with Gasteiger partial charge in [0.15, 0.2) is 6.10 Å². The highest BCUT2D eigenvalue weighted by Gasteiger charge is 2.29. The smallest absolute Gasteiger partial charge is 0.237 e. The zero-order chi connectivity index (χ0) is 14.8. The average molecular weight is 270 g/mol. The van der Waals surface area contributed by atoms with Crippen LogP contribution in [0.3, 0.4) is 0 Å². The Morgan fingerprint density at radius 1 is 1.40 bits per heavy atom. The van der Waals surface area contributed by atoms with Crippen LogP contribution < -0.4 is 0 Å². The summed E-state index contributed by atoms with van der Waals surface area (Å²) >= 11 is 0. The molecule has 1 rings (SSSR count). The number of rotatable bonds is 7. The first-order valence-corrected chi connectivity index (χ1v) is 6.60. The van der Waals surface area contributed by atoms with Crippen molar-refractivity contribution < 1.29 is 14.3 Å². The van der Waals surface area contributed by atoms with E-state index in [4.69, 9.17) is 4.74 Å². The van der Waals surface area contributed by atoms with E-state index in [0.717, 1.165) is 19.3 Å². The van der Waals surface area contributed by atoms with E-state index in [-0.39, 0.29) is 17.7 Å². The lowest BCUT2D eigenvalue weighted by molar-refractivity contribution is -0.118. The first-order valence-electron chi connectivity index (χ1n) is 6.60. The SMILES string of the molecule is C=CCCC/C=C\[C@@H](C#CC#CC(=O)[C@@H]1CO1)C(C)=O. The fraction of sp³-hybridized carbons (Fsp3) is 0.412. The number of Topliss-reactive ketones (excluding diaryl/α,β-unsaturated/α-hetero) is 2. The number of hydrogen-bond acceptors (Lipinski definition) is 3. The molecule has 1 aliphatic rings. The van der Waals surface area contributed by atoms with Crippen LogP contribution in [0.2, 0.25) is 0 Å². The maximum atomic E-state index is 11.4. The Bertz CT molecular complexity index is 516. The zero-order valence-corrected chi connectivity index (χ0v) is 11.6. The summed E-state index contributed by atoms with van der Waals surface area (Å²) in [6.07, 6.45) is 8.09. The van der Waals surface area contributed by atoms with E-state index < -0.39 is 5.92 Å². The van der Waals surface area contributed by atoms with Crippen molar-refractivity contribution in [1.29, 1.82) is 0 Å². The van der Waals surface area contributed by atoms with Crippen molar-refractivity contribution in [3.63, 3.8) is 0 Å². The third-order valence-corrected chi connectivity index (χ3v) is 2.65. The second-order valence-electron chi connectivity index (χ2n) is 4.44. The normalized spacial score (nSPS) is 17.4. The Morgan fingerprint density at radius 3 is 2.75 bits per heavy atom. The van der Waals surface area contributed by atoms with Crippen molar-refractivity contribution >= 4 is 11.6 Å². The lowest BCUT2D eigenvalue weighted by atomic mass is 10.0. The van der Waals surface area contributed by atoms with Gasteiger partial charge in [-0.1, -0.05) is 24.1 Å². The number of carbonyl (C=O) groups is 2. The predicted octanol–water partition coefficient (Wildman–Crippen LogP) is 2.08. The highest BCUT2D eigenvalue weighted by molar-refractivity contribution is 6.00. The van der Waals surface area contributed by atoms with Gasteiger partial charge in [0.05, 0.1) is 12.5 Å². The minimum absolute atomic E-state index is 0.0314. The molecule has 0 bridgehead atoms. The average Bonchev–Trinajstić information content (AvgIpc) is 3.24. The Kier molecular flexibility index (Phi) is 7.11. The molecule has 0 aromatic carbocycles. The quantitative estimate of drug-likeness (QED) is 0.234. The third kappa shape index (κ3) is 6.73. The predicted molar refractivity (Wildman–Crippen MR) is 77.7 cm³/mol. The van der Waals surface area contributed by atoms with Gasteiger partial charge in [-0.3, -0.25) is 9.59 Å². The fourth-order valence-electron chi connectivity index (χ4n) is 1.38. The van der Waals surface area contributed by atoms with E-state index in [9.17, 15) is 9.59 Å². The van der Waals surface area contributed by atoms with Crippen molar-refractivity contribution in [2.75, 3.05) is 6.61 Å². The molecule has 0 N–H and O–H groups in total. The summed E-state index contributed by atoms with van der Waals surface area (Å²) in [6.45, 7) is 5.59. The molecule has 0 saturated carbocycles. The first-order chi connectivity index (χ1) is 9.65. The Hall–Kier alpha value is -2.10. The van der Waals surface area contributed by atoms with Gasteiger partial charge in [0.25, 0.3) is 0 Å². The van der Waals surface area contributed by atoms with E-state index >= 15 is 0 Å². The molecule has 1 heterocycles. The minimum atomic E-state index is -0.458. The van der Waals surface area contributed by atoms with Crippen molar-refractivity contribution in [2.45, 2.75) is 32.3 Å². The molecule has 0 amide bonds. The molecule has 104 valence electrons. The van der Waals surface area contributed by atoms with Gasteiger partial charge in [-0.15, -0.1) is 6.58 Å². The van der Waals surface area contributed by atoms with Gasteiger partial charge in [0.1, 0.15) is 5.78 Å². The minimum Gasteiger partial charge on any atom is -0.364 e. The number of allylic oxidation sites excluding steroid dienone is 3. The summed E-state index contributed by atoms with van der Waals surface area (Å²) in [5, 5.41) is 0. The van der Waals surface area contributed by atoms with Crippen molar-refractivity contribution in [3.8, 4) is 23.7 Å². The van der Waals surface area contributed by atoms with Gasteiger partial charge >= 0.3 is 0 Å². The molecule has 0 aliphatic carbocycles. The van der Waals surface area contributed by atoms with Gasteiger partial charge < -0.3 is 4.74 Å². The maximum absolute atomic E-state index is 11.4. The second kappa shape index (κ2) is 8.91. The van der Waals surface area contributed by atoms with Crippen LogP contribution in [0.25, 0.3) is 0 Å². The van der Waals surface area contributed by atoms with E-state index in [2.05, 4.69) is 30.3 Å². The standard InChI is InChI=1S/C17H18O3/c1-3-4-5-6-7-10-15(14(2)18)11-8-9-12-16(19)17-13-20-17/h3,7,10,15,17H,1,4-6,13H2,2H3/b10-7-/t15-,17-/m0/s1. The number of ether oxygens (including phenoxy) is 1. The topological polar surface area (TPSA) is 46.7 Å². The van der Waals surface area contributed by atoms with Crippen LogP contribution in [0.1, 0.15) is 26.2 Å². The molecule has 1 fully saturated rings.